The van der Waals surface area contributed by atoms with E-state index in [1.807, 2.05) is 0 Å². The number of benzene rings is 1. The van der Waals surface area contributed by atoms with E-state index >= 15 is 0 Å². The minimum atomic E-state index is 0.332. The lowest BCUT2D eigenvalue weighted by atomic mass is 9.94. The van der Waals surface area contributed by atoms with Crippen LogP contribution in [-0.2, 0) is 6.54 Å². The lowest BCUT2D eigenvalue weighted by Crippen LogP contribution is -2.49. The van der Waals surface area contributed by atoms with Gasteiger partial charge in [0.1, 0.15) is 0 Å². The summed E-state index contributed by atoms with van der Waals surface area (Å²) in [6.07, 6.45) is 5.00. The summed E-state index contributed by atoms with van der Waals surface area (Å²) in [5.41, 5.74) is 7.66. The second-order valence-electron chi connectivity index (χ2n) is 5.09. The fourth-order valence-corrected chi connectivity index (χ4v) is 2.79. The van der Waals surface area contributed by atoms with Gasteiger partial charge in [-0.2, -0.15) is 0 Å². The maximum absolute atomic E-state index is 6.25. The fraction of sp³-hybridized carbons (Fsp3) is 0.600. The summed E-state index contributed by atoms with van der Waals surface area (Å²) in [5.74, 6) is 0. The lowest BCUT2D eigenvalue weighted by molar-refractivity contribution is 0.117. The molecule has 1 saturated heterocycles. The van der Waals surface area contributed by atoms with E-state index in [2.05, 4.69) is 42.2 Å². The SMILES string of the molecule is CCC(N)C1CCCCN1Cc1ccccc1. The summed E-state index contributed by atoms with van der Waals surface area (Å²) in [6, 6.07) is 11.6. The fourth-order valence-electron chi connectivity index (χ4n) is 2.79. The van der Waals surface area contributed by atoms with Crippen LogP contribution >= 0.6 is 0 Å². The van der Waals surface area contributed by atoms with Gasteiger partial charge in [-0.05, 0) is 31.4 Å². The Kier molecular flexibility index (Phi) is 4.57. The van der Waals surface area contributed by atoms with E-state index in [1.54, 1.807) is 0 Å². The highest BCUT2D eigenvalue weighted by atomic mass is 15.2. The Labute approximate surface area is 105 Å². The van der Waals surface area contributed by atoms with Crippen LogP contribution in [0.5, 0.6) is 0 Å². The minimum absolute atomic E-state index is 0.332. The molecule has 0 spiro atoms. The van der Waals surface area contributed by atoms with Gasteiger partial charge in [0.15, 0.2) is 0 Å². The Hall–Kier alpha value is -0.860. The minimum Gasteiger partial charge on any atom is -0.326 e. The van der Waals surface area contributed by atoms with Crippen LogP contribution in [0, 0.1) is 0 Å². The second kappa shape index (κ2) is 6.18. The zero-order chi connectivity index (χ0) is 12.1. The third-order valence-electron chi connectivity index (χ3n) is 3.86. The number of nitrogens with two attached hydrogens (primary N) is 1. The van der Waals surface area contributed by atoms with Gasteiger partial charge in [0.05, 0.1) is 0 Å². The van der Waals surface area contributed by atoms with E-state index in [1.165, 1.54) is 31.4 Å². The topological polar surface area (TPSA) is 29.3 Å². The molecule has 2 atom stereocenters. The van der Waals surface area contributed by atoms with Gasteiger partial charge in [0, 0.05) is 18.6 Å². The molecule has 0 aromatic heterocycles. The molecule has 2 nitrogen and oxygen atoms in total. The van der Waals surface area contributed by atoms with Gasteiger partial charge in [-0.1, -0.05) is 43.7 Å². The van der Waals surface area contributed by atoms with E-state index in [-0.39, 0.29) is 0 Å². The number of likely N-dealkylation sites (tertiary alicyclic amines) is 1. The molecule has 1 aromatic carbocycles. The average molecular weight is 232 g/mol. The van der Waals surface area contributed by atoms with Crippen LogP contribution in [0.3, 0.4) is 0 Å². The van der Waals surface area contributed by atoms with Crippen LogP contribution in [0.4, 0.5) is 0 Å². The second-order valence-corrected chi connectivity index (χ2v) is 5.09. The summed E-state index contributed by atoms with van der Waals surface area (Å²) < 4.78 is 0. The van der Waals surface area contributed by atoms with Crippen LogP contribution in [0.2, 0.25) is 0 Å². The quantitative estimate of drug-likeness (QED) is 0.865. The van der Waals surface area contributed by atoms with E-state index in [9.17, 15) is 0 Å². The van der Waals surface area contributed by atoms with Crippen molar-refractivity contribution in [2.75, 3.05) is 6.54 Å². The van der Waals surface area contributed by atoms with Crippen LogP contribution < -0.4 is 5.73 Å². The highest BCUT2D eigenvalue weighted by Crippen LogP contribution is 2.22. The molecular formula is C15H24N2. The van der Waals surface area contributed by atoms with Gasteiger partial charge in [-0.15, -0.1) is 0 Å². The Morgan fingerprint density at radius 1 is 1.29 bits per heavy atom. The monoisotopic (exact) mass is 232 g/mol. The van der Waals surface area contributed by atoms with Crippen molar-refractivity contribution in [3.05, 3.63) is 35.9 Å². The average Bonchev–Trinajstić information content (AvgIpc) is 2.40. The predicted molar refractivity (Wildman–Crippen MR) is 72.8 cm³/mol. The van der Waals surface area contributed by atoms with E-state index in [0.717, 1.165) is 13.0 Å². The predicted octanol–water partition coefficient (Wildman–Crippen LogP) is 2.78. The van der Waals surface area contributed by atoms with E-state index in [0.29, 0.717) is 12.1 Å². The Bertz CT molecular complexity index is 323. The third-order valence-corrected chi connectivity index (χ3v) is 3.86. The molecule has 1 aliphatic rings. The van der Waals surface area contributed by atoms with Gasteiger partial charge in [0.2, 0.25) is 0 Å². The van der Waals surface area contributed by atoms with Gasteiger partial charge >= 0.3 is 0 Å². The molecule has 94 valence electrons. The zero-order valence-electron chi connectivity index (χ0n) is 10.8. The Morgan fingerprint density at radius 3 is 2.76 bits per heavy atom. The number of hydrogen-bond acceptors (Lipinski definition) is 2. The van der Waals surface area contributed by atoms with Gasteiger partial charge in [-0.3, -0.25) is 4.90 Å². The van der Waals surface area contributed by atoms with Gasteiger partial charge < -0.3 is 5.73 Å². The molecule has 0 bridgehead atoms. The first kappa shape index (κ1) is 12.6. The Morgan fingerprint density at radius 2 is 2.06 bits per heavy atom. The molecule has 1 fully saturated rings. The summed E-state index contributed by atoms with van der Waals surface area (Å²) in [6.45, 7) is 4.45. The van der Waals surface area contributed by atoms with Crippen LogP contribution in [0.25, 0.3) is 0 Å². The molecule has 0 saturated carbocycles. The van der Waals surface area contributed by atoms with Crippen LogP contribution in [0.1, 0.15) is 38.2 Å². The molecule has 17 heavy (non-hydrogen) atoms. The molecule has 0 amide bonds. The standard InChI is InChI=1S/C15H24N2/c1-2-14(16)15-10-6-7-11-17(15)12-13-8-4-3-5-9-13/h3-5,8-9,14-15H,2,6-7,10-12,16H2,1H3. The van der Waals surface area contributed by atoms with Crippen molar-refractivity contribution >= 4 is 0 Å². The van der Waals surface area contributed by atoms with Crippen molar-refractivity contribution in [3.8, 4) is 0 Å². The van der Waals surface area contributed by atoms with Crippen molar-refractivity contribution in [1.29, 1.82) is 0 Å². The number of nitrogens with zero attached hydrogens (tertiary/aromatic N) is 1. The summed E-state index contributed by atoms with van der Waals surface area (Å²) in [5, 5.41) is 0. The number of rotatable bonds is 4. The molecule has 2 heteroatoms. The number of piperidine rings is 1. The van der Waals surface area contributed by atoms with Crippen molar-refractivity contribution in [1.82, 2.24) is 4.90 Å². The number of hydrogen-bond donors (Lipinski definition) is 1. The Balaban J connectivity index is 2.01. The van der Waals surface area contributed by atoms with Crippen molar-refractivity contribution in [3.63, 3.8) is 0 Å². The molecule has 1 aromatic rings. The maximum Gasteiger partial charge on any atom is 0.0250 e. The summed E-state index contributed by atoms with van der Waals surface area (Å²) in [7, 11) is 0. The first-order valence-corrected chi connectivity index (χ1v) is 6.85. The largest absolute Gasteiger partial charge is 0.326 e. The zero-order valence-corrected chi connectivity index (χ0v) is 10.8. The molecule has 0 radical (unpaired) electrons. The molecule has 2 N–H and O–H groups in total. The maximum atomic E-state index is 6.25. The highest BCUT2D eigenvalue weighted by molar-refractivity contribution is 5.14. The molecule has 0 aliphatic carbocycles. The summed E-state index contributed by atoms with van der Waals surface area (Å²) in [4.78, 5) is 2.58. The molecule has 1 aliphatic heterocycles. The highest BCUT2D eigenvalue weighted by Gasteiger charge is 2.26. The van der Waals surface area contributed by atoms with Gasteiger partial charge in [-0.25, -0.2) is 0 Å². The first-order valence-electron chi connectivity index (χ1n) is 6.85. The van der Waals surface area contributed by atoms with Crippen molar-refractivity contribution < 1.29 is 0 Å². The third kappa shape index (κ3) is 3.30. The van der Waals surface area contributed by atoms with Crippen molar-refractivity contribution in [2.24, 2.45) is 5.73 Å². The molecule has 1 heterocycles. The molecule has 2 rings (SSSR count). The molecule has 2 unspecified atom stereocenters. The summed E-state index contributed by atoms with van der Waals surface area (Å²) >= 11 is 0. The van der Waals surface area contributed by atoms with E-state index < -0.39 is 0 Å². The lowest BCUT2D eigenvalue weighted by Gasteiger charge is -2.39. The van der Waals surface area contributed by atoms with E-state index in [4.69, 9.17) is 5.73 Å². The smallest absolute Gasteiger partial charge is 0.0250 e. The first-order chi connectivity index (χ1) is 8.31. The molecular weight excluding hydrogens is 208 g/mol. The van der Waals surface area contributed by atoms with Crippen molar-refractivity contribution in [2.45, 2.75) is 51.2 Å². The van der Waals surface area contributed by atoms with Gasteiger partial charge in [0.25, 0.3) is 0 Å². The normalized spacial score (nSPS) is 23.5. The van der Waals surface area contributed by atoms with Crippen LogP contribution in [-0.4, -0.2) is 23.5 Å². The van der Waals surface area contributed by atoms with Crippen LogP contribution in [0.15, 0.2) is 30.3 Å².